The molecular weight excluding hydrogens is 319 g/mol. The number of aromatic carboxylic acids is 1. The van der Waals surface area contributed by atoms with Crippen LogP contribution in [0.2, 0.25) is 0 Å². The highest BCUT2D eigenvalue weighted by atomic mass is 19.4. The summed E-state index contributed by atoms with van der Waals surface area (Å²) in [5.74, 6) is -2.59. The molecule has 0 aromatic heterocycles. The maximum absolute atomic E-state index is 12.9. The van der Waals surface area contributed by atoms with Crippen LogP contribution in [0.25, 0.3) is 0 Å². The second-order valence-corrected chi connectivity index (χ2v) is 4.34. The summed E-state index contributed by atoms with van der Waals surface area (Å²) in [5, 5.41) is 19.7. The van der Waals surface area contributed by atoms with Crippen LogP contribution < -0.4 is 4.74 Å². The number of non-ortho nitro benzene ring substituents is 1. The maximum atomic E-state index is 12.9. The first-order chi connectivity index (χ1) is 10.7. The van der Waals surface area contributed by atoms with Crippen molar-refractivity contribution in [2.45, 2.75) is 6.18 Å². The first-order valence-corrected chi connectivity index (χ1v) is 6.06. The van der Waals surface area contributed by atoms with Gasteiger partial charge in [0.1, 0.15) is 17.1 Å². The summed E-state index contributed by atoms with van der Waals surface area (Å²) in [6.45, 7) is 0. The number of nitro benzene ring substituents is 1. The van der Waals surface area contributed by atoms with Crippen molar-refractivity contribution in [2.75, 3.05) is 0 Å². The van der Waals surface area contributed by atoms with Crippen LogP contribution in [-0.2, 0) is 6.18 Å². The summed E-state index contributed by atoms with van der Waals surface area (Å²) >= 11 is 0. The van der Waals surface area contributed by atoms with Gasteiger partial charge in [0.2, 0.25) is 0 Å². The molecule has 0 aliphatic rings. The quantitative estimate of drug-likeness (QED) is 0.674. The number of benzene rings is 2. The van der Waals surface area contributed by atoms with Crippen molar-refractivity contribution in [3.8, 4) is 11.5 Å². The third-order valence-corrected chi connectivity index (χ3v) is 2.82. The molecule has 0 radical (unpaired) electrons. The molecule has 0 saturated carbocycles. The second kappa shape index (κ2) is 5.95. The largest absolute Gasteiger partial charge is 0.478 e. The zero-order valence-corrected chi connectivity index (χ0v) is 11.2. The van der Waals surface area contributed by atoms with Crippen molar-refractivity contribution in [3.05, 3.63) is 63.7 Å². The average Bonchev–Trinajstić information content (AvgIpc) is 2.46. The Morgan fingerprint density at radius 1 is 1.13 bits per heavy atom. The number of hydrogen-bond acceptors (Lipinski definition) is 4. The van der Waals surface area contributed by atoms with Gasteiger partial charge in [-0.25, -0.2) is 4.79 Å². The average molecular weight is 327 g/mol. The number of nitro groups is 1. The van der Waals surface area contributed by atoms with Gasteiger partial charge in [-0.1, -0.05) is 12.1 Å². The van der Waals surface area contributed by atoms with E-state index < -0.39 is 45.4 Å². The minimum absolute atomic E-state index is 0.431. The number of halogens is 3. The van der Waals surface area contributed by atoms with Crippen LogP contribution in [0.5, 0.6) is 11.5 Å². The Hall–Kier alpha value is -3.10. The molecule has 0 spiro atoms. The van der Waals surface area contributed by atoms with E-state index in [4.69, 9.17) is 9.84 Å². The van der Waals surface area contributed by atoms with Gasteiger partial charge in [0.05, 0.1) is 10.5 Å². The van der Waals surface area contributed by atoms with E-state index in [0.29, 0.717) is 6.07 Å². The Balaban J connectivity index is 2.49. The molecule has 6 nitrogen and oxygen atoms in total. The number of alkyl halides is 3. The van der Waals surface area contributed by atoms with Crippen molar-refractivity contribution >= 4 is 11.7 Å². The van der Waals surface area contributed by atoms with Crippen molar-refractivity contribution < 1.29 is 32.7 Å². The van der Waals surface area contributed by atoms with Crippen LogP contribution in [0.3, 0.4) is 0 Å². The fraction of sp³-hybridized carbons (Fsp3) is 0.0714. The molecular formula is C14H8F3NO5. The molecule has 0 heterocycles. The Morgan fingerprint density at radius 2 is 1.78 bits per heavy atom. The van der Waals surface area contributed by atoms with Gasteiger partial charge in [-0.3, -0.25) is 10.1 Å². The van der Waals surface area contributed by atoms with E-state index in [1.807, 2.05) is 0 Å². The number of carboxylic acids is 1. The summed E-state index contributed by atoms with van der Waals surface area (Å²) in [4.78, 5) is 21.0. The van der Waals surface area contributed by atoms with Gasteiger partial charge in [0.15, 0.2) is 0 Å². The Labute approximate surface area is 126 Å². The maximum Gasteiger partial charge on any atom is 0.419 e. The normalized spacial score (nSPS) is 11.1. The number of nitrogens with zero attached hydrogens (tertiary/aromatic N) is 1. The van der Waals surface area contributed by atoms with Crippen molar-refractivity contribution in [1.82, 2.24) is 0 Å². The summed E-state index contributed by atoms with van der Waals surface area (Å²) in [6.07, 6.45) is -4.69. The lowest BCUT2D eigenvalue weighted by molar-refractivity contribution is -0.384. The van der Waals surface area contributed by atoms with Crippen LogP contribution in [0.1, 0.15) is 15.9 Å². The number of para-hydroxylation sites is 1. The van der Waals surface area contributed by atoms with Crippen LogP contribution in [0, 0.1) is 10.1 Å². The molecule has 0 saturated heterocycles. The van der Waals surface area contributed by atoms with Gasteiger partial charge in [-0.2, -0.15) is 13.2 Å². The molecule has 2 aromatic carbocycles. The van der Waals surface area contributed by atoms with Crippen molar-refractivity contribution in [1.29, 1.82) is 0 Å². The lowest BCUT2D eigenvalue weighted by Gasteiger charge is -2.14. The summed E-state index contributed by atoms with van der Waals surface area (Å²) in [5.41, 5.74) is -2.22. The fourth-order valence-corrected chi connectivity index (χ4v) is 1.80. The topological polar surface area (TPSA) is 89.7 Å². The van der Waals surface area contributed by atoms with Gasteiger partial charge in [0, 0.05) is 12.1 Å². The zero-order valence-electron chi connectivity index (χ0n) is 11.2. The Kier molecular flexibility index (Phi) is 4.21. The second-order valence-electron chi connectivity index (χ2n) is 4.34. The highest BCUT2D eigenvalue weighted by Crippen LogP contribution is 2.39. The fourth-order valence-electron chi connectivity index (χ4n) is 1.80. The summed E-state index contributed by atoms with van der Waals surface area (Å²) < 4.78 is 43.7. The molecule has 2 rings (SSSR count). The van der Waals surface area contributed by atoms with E-state index in [0.717, 1.165) is 30.3 Å². The van der Waals surface area contributed by atoms with Crippen molar-refractivity contribution in [3.63, 3.8) is 0 Å². The highest BCUT2D eigenvalue weighted by Gasteiger charge is 2.34. The number of carboxylic acid groups (broad SMARTS) is 1. The van der Waals surface area contributed by atoms with Crippen LogP contribution in [0.4, 0.5) is 18.9 Å². The van der Waals surface area contributed by atoms with Crippen LogP contribution in [-0.4, -0.2) is 16.0 Å². The third kappa shape index (κ3) is 3.57. The van der Waals surface area contributed by atoms with Gasteiger partial charge in [-0.15, -0.1) is 0 Å². The number of hydrogen-bond donors (Lipinski definition) is 1. The molecule has 120 valence electrons. The third-order valence-electron chi connectivity index (χ3n) is 2.82. The monoisotopic (exact) mass is 327 g/mol. The molecule has 1 N–H and O–H groups in total. The predicted molar refractivity (Wildman–Crippen MR) is 71.6 cm³/mol. The molecule has 9 heteroatoms. The number of rotatable bonds is 4. The van der Waals surface area contributed by atoms with Gasteiger partial charge in [-0.05, 0) is 18.2 Å². The first kappa shape index (κ1) is 16.3. The van der Waals surface area contributed by atoms with E-state index >= 15 is 0 Å². The zero-order chi connectivity index (χ0) is 17.2. The molecule has 0 atom stereocenters. The van der Waals surface area contributed by atoms with Crippen LogP contribution in [0.15, 0.2) is 42.5 Å². The minimum Gasteiger partial charge on any atom is -0.478 e. The SMILES string of the molecule is O=C(O)c1cc([N+](=O)[O-])ccc1Oc1ccccc1C(F)(F)F. The Bertz CT molecular complexity index is 773. The van der Waals surface area contributed by atoms with E-state index in [1.54, 1.807) is 0 Å². The molecule has 0 bridgehead atoms. The molecule has 0 unspecified atom stereocenters. The summed E-state index contributed by atoms with van der Waals surface area (Å²) in [7, 11) is 0. The van der Waals surface area contributed by atoms with Crippen LogP contribution >= 0.6 is 0 Å². The molecule has 0 fully saturated rings. The number of carbonyl (C=O) groups is 1. The number of ether oxygens (including phenoxy) is 1. The minimum atomic E-state index is -4.69. The smallest absolute Gasteiger partial charge is 0.419 e. The first-order valence-electron chi connectivity index (χ1n) is 6.06. The van der Waals surface area contributed by atoms with E-state index in [9.17, 15) is 28.1 Å². The molecule has 0 aliphatic carbocycles. The van der Waals surface area contributed by atoms with E-state index in [-0.39, 0.29) is 0 Å². The van der Waals surface area contributed by atoms with E-state index in [2.05, 4.69) is 0 Å². The molecule has 0 aliphatic heterocycles. The lowest BCUT2D eigenvalue weighted by Crippen LogP contribution is -2.08. The standard InChI is InChI=1S/C14H8F3NO5/c15-14(16,17)10-3-1-2-4-12(10)23-11-6-5-8(18(21)22)7-9(11)13(19)20/h1-7H,(H,19,20). The van der Waals surface area contributed by atoms with Gasteiger partial charge >= 0.3 is 12.1 Å². The highest BCUT2D eigenvalue weighted by molar-refractivity contribution is 5.91. The molecule has 0 amide bonds. The molecule has 2 aromatic rings. The summed E-state index contributed by atoms with van der Waals surface area (Å²) in [6, 6.07) is 6.84. The van der Waals surface area contributed by atoms with Gasteiger partial charge < -0.3 is 9.84 Å². The lowest BCUT2D eigenvalue weighted by atomic mass is 10.1. The van der Waals surface area contributed by atoms with E-state index in [1.165, 1.54) is 6.07 Å². The van der Waals surface area contributed by atoms with Gasteiger partial charge in [0.25, 0.3) is 5.69 Å². The molecule has 23 heavy (non-hydrogen) atoms. The Morgan fingerprint density at radius 3 is 2.35 bits per heavy atom. The predicted octanol–water partition coefficient (Wildman–Crippen LogP) is 4.10. The van der Waals surface area contributed by atoms with Crippen molar-refractivity contribution in [2.24, 2.45) is 0 Å².